The molecule has 0 saturated carbocycles. The first-order chi connectivity index (χ1) is 12.8. The van der Waals surface area contributed by atoms with Gasteiger partial charge >= 0.3 is 0 Å². The molecule has 1 saturated heterocycles. The molecular formula is C18H21N7S. The fourth-order valence-corrected chi connectivity index (χ4v) is 3.89. The molecule has 1 aliphatic rings. The molecule has 8 heteroatoms. The van der Waals surface area contributed by atoms with Crippen molar-refractivity contribution in [2.24, 2.45) is 0 Å². The van der Waals surface area contributed by atoms with Crippen molar-refractivity contribution in [3.63, 3.8) is 0 Å². The van der Waals surface area contributed by atoms with Gasteiger partial charge in [-0.15, -0.1) is 11.3 Å². The lowest BCUT2D eigenvalue weighted by Crippen LogP contribution is -2.34. The fraction of sp³-hybridized carbons (Fsp3) is 0.389. The summed E-state index contributed by atoms with van der Waals surface area (Å²) in [5, 5.41) is 3.18. The highest BCUT2D eigenvalue weighted by molar-refractivity contribution is 7.09. The number of hydrogen-bond donors (Lipinski definition) is 1. The van der Waals surface area contributed by atoms with Crippen molar-refractivity contribution in [3.05, 3.63) is 52.6 Å². The second kappa shape index (κ2) is 7.84. The molecule has 134 valence electrons. The maximum absolute atomic E-state index is 4.78. The average Bonchev–Trinajstić information content (AvgIpc) is 3.16. The molecule has 1 fully saturated rings. The van der Waals surface area contributed by atoms with Crippen LogP contribution < -0.4 is 5.32 Å². The van der Waals surface area contributed by atoms with E-state index in [1.54, 1.807) is 29.8 Å². The maximum atomic E-state index is 4.78. The smallest absolute Gasteiger partial charge is 0.228 e. The predicted molar refractivity (Wildman–Crippen MR) is 101 cm³/mol. The van der Waals surface area contributed by atoms with Gasteiger partial charge in [0, 0.05) is 41.8 Å². The first kappa shape index (κ1) is 17.0. The van der Waals surface area contributed by atoms with Gasteiger partial charge in [-0.3, -0.25) is 9.88 Å². The Morgan fingerprint density at radius 2 is 2.12 bits per heavy atom. The number of nitrogens with one attached hydrogen (secondary N) is 1. The van der Waals surface area contributed by atoms with Gasteiger partial charge in [0.1, 0.15) is 11.6 Å². The number of likely N-dealkylation sites (tertiary alicyclic amines) is 1. The van der Waals surface area contributed by atoms with E-state index in [1.165, 1.54) is 17.7 Å². The molecule has 3 aromatic heterocycles. The Kier molecular flexibility index (Phi) is 5.12. The Hall–Kier alpha value is -2.45. The van der Waals surface area contributed by atoms with Crippen molar-refractivity contribution < 1.29 is 0 Å². The van der Waals surface area contributed by atoms with Crippen molar-refractivity contribution in [2.75, 3.05) is 11.9 Å². The number of nitrogens with zero attached hydrogens (tertiary/aromatic N) is 6. The van der Waals surface area contributed by atoms with Crippen LogP contribution in [0.15, 0.2) is 36.2 Å². The minimum Gasteiger partial charge on any atom is -0.309 e. The average molecular weight is 367 g/mol. The van der Waals surface area contributed by atoms with Crippen molar-refractivity contribution in [1.29, 1.82) is 0 Å². The number of rotatable bonds is 5. The molecule has 0 aliphatic carbocycles. The second-order valence-corrected chi connectivity index (χ2v) is 7.37. The second-order valence-electron chi connectivity index (χ2n) is 6.40. The molecule has 0 unspecified atom stereocenters. The summed E-state index contributed by atoms with van der Waals surface area (Å²) in [6.45, 7) is 3.96. The van der Waals surface area contributed by atoms with E-state index in [-0.39, 0.29) is 6.04 Å². The molecule has 0 amide bonds. The van der Waals surface area contributed by atoms with Gasteiger partial charge in [0.05, 0.1) is 11.6 Å². The summed E-state index contributed by atoms with van der Waals surface area (Å²) in [4.78, 5) is 25.9. The van der Waals surface area contributed by atoms with Crippen LogP contribution in [0.2, 0.25) is 0 Å². The normalized spacial score (nSPS) is 18.0. The number of anilines is 2. The molecular weight excluding hydrogens is 346 g/mol. The molecule has 0 spiro atoms. The van der Waals surface area contributed by atoms with Gasteiger partial charge in [-0.05, 0) is 32.4 Å². The molecule has 1 atom stereocenters. The largest absolute Gasteiger partial charge is 0.309 e. The fourth-order valence-electron chi connectivity index (χ4n) is 3.28. The zero-order valence-electron chi connectivity index (χ0n) is 14.7. The standard InChI is InChI=1S/C18H21N7S/c1-13-9-16(24-18-20-6-4-7-21-18)23-17(22-13)15-5-2-3-8-25(15)11-14-10-19-12-26-14/h4,6-7,9-10,12,15H,2-3,5,8,11H2,1H3,(H,20,21,22,23,24)/t15-/m1/s1. The van der Waals surface area contributed by atoms with Crippen LogP contribution in [0.1, 0.15) is 41.7 Å². The monoisotopic (exact) mass is 367 g/mol. The van der Waals surface area contributed by atoms with Crippen LogP contribution in [0.3, 0.4) is 0 Å². The molecule has 0 bridgehead atoms. The zero-order valence-corrected chi connectivity index (χ0v) is 15.5. The number of thiazole rings is 1. The number of aryl methyl sites for hydroxylation is 1. The molecule has 1 aliphatic heterocycles. The minimum absolute atomic E-state index is 0.225. The summed E-state index contributed by atoms with van der Waals surface area (Å²) in [5.74, 6) is 2.15. The summed E-state index contributed by atoms with van der Waals surface area (Å²) >= 11 is 1.70. The van der Waals surface area contributed by atoms with Gasteiger partial charge in [0.25, 0.3) is 0 Å². The summed E-state index contributed by atoms with van der Waals surface area (Å²) in [5.41, 5.74) is 2.83. The summed E-state index contributed by atoms with van der Waals surface area (Å²) < 4.78 is 0. The van der Waals surface area contributed by atoms with E-state index in [4.69, 9.17) is 9.97 Å². The van der Waals surface area contributed by atoms with Gasteiger partial charge in [0.15, 0.2) is 0 Å². The van der Waals surface area contributed by atoms with Gasteiger partial charge in [-0.25, -0.2) is 19.9 Å². The lowest BCUT2D eigenvalue weighted by molar-refractivity contribution is 0.135. The van der Waals surface area contributed by atoms with E-state index in [2.05, 4.69) is 25.2 Å². The Balaban J connectivity index is 1.58. The first-order valence-corrected chi connectivity index (χ1v) is 9.67. The summed E-state index contributed by atoms with van der Waals surface area (Å²) in [7, 11) is 0. The van der Waals surface area contributed by atoms with E-state index in [0.717, 1.165) is 36.8 Å². The van der Waals surface area contributed by atoms with Gasteiger partial charge in [-0.1, -0.05) is 6.42 Å². The van der Waals surface area contributed by atoms with E-state index < -0.39 is 0 Å². The molecule has 1 N–H and O–H groups in total. The van der Waals surface area contributed by atoms with Gasteiger partial charge in [-0.2, -0.15) is 0 Å². The molecule has 3 aromatic rings. The SMILES string of the molecule is Cc1cc(Nc2ncccn2)nc([C@H]2CCCCN2Cc2cncs2)n1. The van der Waals surface area contributed by atoms with Crippen LogP contribution in [0.5, 0.6) is 0 Å². The topological polar surface area (TPSA) is 79.7 Å². The highest BCUT2D eigenvalue weighted by atomic mass is 32.1. The molecule has 0 aromatic carbocycles. The molecule has 0 radical (unpaired) electrons. The highest BCUT2D eigenvalue weighted by Gasteiger charge is 2.27. The zero-order chi connectivity index (χ0) is 17.8. The third-order valence-electron chi connectivity index (χ3n) is 4.43. The van der Waals surface area contributed by atoms with Crippen LogP contribution >= 0.6 is 11.3 Å². The maximum Gasteiger partial charge on any atom is 0.228 e. The lowest BCUT2D eigenvalue weighted by Gasteiger charge is -2.34. The Bertz CT molecular complexity index is 838. The van der Waals surface area contributed by atoms with Crippen molar-refractivity contribution in [1.82, 2.24) is 29.8 Å². The molecule has 7 nitrogen and oxygen atoms in total. The van der Waals surface area contributed by atoms with Crippen LogP contribution in [0.25, 0.3) is 0 Å². The Morgan fingerprint density at radius 3 is 2.92 bits per heavy atom. The summed E-state index contributed by atoms with van der Waals surface area (Å²) in [6, 6.07) is 3.94. The third kappa shape index (κ3) is 4.03. The van der Waals surface area contributed by atoms with E-state index >= 15 is 0 Å². The van der Waals surface area contributed by atoms with E-state index in [0.29, 0.717) is 5.95 Å². The molecule has 4 heterocycles. The van der Waals surface area contributed by atoms with Gasteiger partial charge < -0.3 is 5.32 Å². The number of aromatic nitrogens is 5. The quantitative estimate of drug-likeness (QED) is 0.739. The highest BCUT2D eigenvalue weighted by Crippen LogP contribution is 2.31. The Labute approximate surface area is 156 Å². The van der Waals surface area contributed by atoms with Crippen LogP contribution in [0.4, 0.5) is 11.8 Å². The van der Waals surface area contributed by atoms with Gasteiger partial charge in [0.2, 0.25) is 5.95 Å². The van der Waals surface area contributed by atoms with E-state index in [9.17, 15) is 0 Å². The van der Waals surface area contributed by atoms with Crippen molar-refractivity contribution >= 4 is 23.1 Å². The van der Waals surface area contributed by atoms with Crippen LogP contribution in [0, 0.1) is 6.92 Å². The summed E-state index contributed by atoms with van der Waals surface area (Å²) in [6.07, 6.45) is 8.86. The first-order valence-electron chi connectivity index (χ1n) is 8.79. The third-order valence-corrected chi connectivity index (χ3v) is 5.20. The van der Waals surface area contributed by atoms with Crippen LogP contribution in [-0.4, -0.2) is 36.4 Å². The van der Waals surface area contributed by atoms with Crippen molar-refractivity contribution in [3.8, 4) is 0 Å². The molecule has 4 rings (SSSR count). The predicted octanol–water partition coefficient (Wildman–Crippen LogP) is 3.50. The number of hydrogen-bond acceptors (Lipinski definition) is 8. The lowest BCUT2D eigenvalue weighted by atomic mass is 10.0. The number of piperidine rings is 1. The molecule has 26 heavy (non-hydrogen) atoms. The van der Waals surface area contributed by atoms with Crippen molar-refractivity contribution in [2.45, 2.75) is 38.8 Å². The van der Waals surface area contributed by atoms with Crippen LogP contribution in [-0.2, 0) is 6.54 Å². The minimum atomic E-state index is 0.225. The van der Waals surface area contributed by atoms with E-state index in [1.807, 2.05) is 24.7 Å². The Morgan fingerprint density at radius 1 is 1.23 bits per heavy atom.